The molecule has 144 valence electrons. The van der Waals surface area contributed by atoms with Crippen molar-refractivity contribution in [3.63, 3.8) is 0 Å². The van der Waals surface area contributed by atoms with Gasteiger partial charge in [-0.25, -0.2) is 0 Å². The van der Waals surface area contributed by atoms with Gasteiger partial charge in [0.05, 0.1) is 11.9 Å². The molecule has 0 saturated carbocycles. The predicted octanol–water partition coefficient (Wildman–Crippen LogP) is 4.03. The van der Waals surface area contributed by atoms with Crippen molar-refractivity contribution in [2.45, 2.75) is 25.3 Å². The molecule has 5 heteroatoms. The van der Waals surface area contributed by atoms with E-state index in [2.05, 4.69) is 44.0 Å². The fraction of sp³-hybridized carbons (Fsp3) is 0.304. The van der Waals surface area contributed by atoms with Crippen LogP contribution in [0.25, 0.3) is 0 Å². The first-order valence-electron chi connectivity index (χ1n) is 9.89. The van der Waals surface area contributed by atoms with Crippen LogP contribution in [0.1, 0.15) is 18.4 Å². The van der Waals surface area contributed by atoms with Gasteiger partial charge in [0.2, 0.25) is 0 Å². The number of likely N-dealkylation sites (tertiary alicyclic amines) is 1. The minimum atomic E-state index is 0.293. The molecular formula is C23H26N4O. The summed E-state index contributed by atoms with van der Waals surface area (Å²) < 4.78 is 0. The molecule has 3 heterocycles. The van der Waals surface area contributed by atoms with Crippen LogP contribution in [-0.2, 0) is 6.42 Å². The van der Waals surface area contributed by atoms with Crippen molar-refractivity contribution >= 4 is 11.4 Å². The van der Waals surface area contributed by atoms with Crippen LogP contribution in [0.15, 0.2) is 73.3 Å². The number of benzene rings is 1. The molecule has 0 radical (unpaired) electrons. The van der Waals surface area contributed by atoms with Gasteiger partial charge in [0, 0.05) is 56.0 Å². The fourth-order valence-corrected chi connectivity index (χ4v) is 3.95. The molecular weight excluding hydrogens is 348 g/mol. The molecule has 0 bridgehead atoms. The number of hydrogen-bond donors (Lipinski definition) is 1. The Hall–Kier alpha value is -2.92. The van der Waals surface area contributed by atoms with Crippen LogP contribution in [0.2, 0.25) is 0 Å². The van der Waals surface area contributed by atoms with Gasteiger partial charge < -0.3 is 14.9 Å². The first-order valence-corrected chi connectivity index (χ1v) is 9.89. The Labute approximate surface area is 166 Å². The lowest BCUT2D eigenvalue weighted by Crippen LogP contribution is -2.43. The van der Waals surface area contributed by atoms with Crippen molar-refractivity contribution in [1.82, 2.24) is 14.9 Å². The van der Waals surface area contributed by atoms with Crippen LogP contribution in [0.5, 0.6) is 5.75 Å². The van der Waals surface area contributed by atoms with E-state index in [1.165, 1.54) is 5.56 Å². The number of rotatable bonds is 6. The van der Waals surface area contributed by atoms with E-state index in [1.807, 2.05) is 36.8 Å². The Kier molecular flexibility index (Phi) is 5.83. The predicted molar refractivity (Wildman–Crippen MR) is 112 cm³/mol. The highest BCUT2D eigenvalue weighted by atomic mass is 16.3. The molecule has 1 saturated heterocycles. The van der Waals surface area contributed by atoms with Crippen molar-refractivity contribution in [3.8, 4) is 5.75 Å². The Morgan fingerprint density at radius 2 is 1.71 bits per heavy atom. The second-order valence-electron chi connectivity index (χ2n) is 7.28. The monoisotopic (exact) mass is 374 g/mol. The molecule has 1 aliphatic rings. The van der Waals surface area contributed by atoms with Crippen molar-refractivity contribution in [1.29, 1.82) is 0 Å². The highest BCUT2D eigenvalue weighted by Crippen LogP contribution is 2.33. The number of aromatic hydroxyl groups is 1. The summed E-state index contributed by atoms with van der Waals surface area (Å²) in [5.74, 6) is 0.293. The van der Waals surface area contributed by atoms with E-state index in [4.69, 9.17) is 0 Å². The van der Waals surface area contributed by atoms with E-state index < -0.39 is 0 Å². The SMILES string of the molecule is Oc1cccc(N(c2cccnc2)C2CCN(CCc3ccncc3)CC2)c1. The van der Waals surface area contributed by atoms with Gasteiger partial charge in [0.1, 0.15) is 5.75 Å². The smallest absolute Gasteiger partial charge is 0.117 e. The second-order valence-corrected chi connectivity index (χ2v) is 7.28. The van der Waals surface area contributed by atoms with Crippen LogP contribution in [0, 0.1) is 0 Å². The quantitative estimate of drug-likeness (QED) is 0.706. The molecule has 0 unspecified atom stereocenters. The summed E-state index contributed by atoms with van der Waals surface area (Å²) in [6.45, 7) is 3.23. The summed E-state index contributed by atoms with van der Waals surface area (Å²) >= 11 is 0. The van der Waals surface area contributed by atoms with Crippen LogP contribution < -0.4 is 4.90 Å². The maximum absolute atomic E-state index is 9.97. The molecule has 1 fully saturated rings. The van der Waals surface area contributed by atoms with Crippen LogP contribution in [-0.4, -0.2) is 45.7 Å². The molecule has 0 amide bonds. The number of nitrogens with zero attached hydrogens (tertiary/aromatic N) is 4. The molecule has 0 atom stereocenters. The molecule has 0 spiro atoms. The normalized spacial score (nSPS) is 15.4. The van der Waals surface area contributed by atoms with Crippen molar-refractivity contribution in [3.05, 3.63) is 78.9 Å². The number of pyridine rings is 2. The van der Waals surface area contributed by atoms with E-state index in [0.717, 1.165) is 50.3 Å². The molecule has 3 aromatic rings. The van der Waals surface area contributed by atoms with Gasteiger partial charge in [0.15, 0.2) is 0 Å². The summed E-state index contributed by atoms with van der Waals surface area (Å²) in [5.41, 5.74) is 3.43. The zero-order valence-electron chi connectivity index (χ0n) is 16.0. The van der Waals surface area contributed by atoms with Crippen LogP contribution >= 0.6 is 0 Å². The lowest BCUT2D eigenvalue weighted by molar-refractivity contribution is 0.215. The maximum atomic E-state index is 9.97. The molecule has 4 rings (SSSR count). The van der Waals surface area contributed by atoms with Gasteiger partial charge in [-0.2, -0.15) is 0 Å². The Morgan fingerprint density at radius 1 is 0.929 bits per heavy atom. The third-order valence-corrected chi connectivity index (χ3v) is 5.42. The summed E-state index contributed by atoms with van der Waals surface area (Å²) in [7, 11) is 0. The van der Waals surface area contributed by atoms with E-state index >= 15 is 0 Å². The number of phenolic OH excluding ortho intramolecular Hbond substituents is 1. The summed E-state index contributed by atoms with van der Waals surface area (Å²) in [5, 5.41) is 9.97. The van der Waals surface area contributed by atoms with Crippen molar-refractivity contribution < 1.29 is 5.11 Å². The maximum Gasteiger partial charge on any atom is 0.117 e. The Balaban J connectivity index is 1.44. The van der Waals surface area contributed by atoms with E-state index in [-0.39, 0.29) is 0 Å². The third-order valence-electron chi connectivity index (χ3n) is 5.42. The Bertz CT molecular complexity index is 864. The number of hydrogen-bond acceptors (Lipinski definition) is 5. The Morgan fingerprint density at radius 3 is 2.43 bits per heavy atom. The lowest BCUT2D eigenvalue weighted by atomic mass is 10.0. The molecule has 1 aromatic carbocycles. The molecule has 5 nitrogen and oxygen atoms in total. The summed E-state index contributed by atoms with van der Waals surface area (Å²) in [6.07, 6.45) is 10.7. The van der Waals surface area contributed by atoms with Crippen molar-refractivity contribution in [2.75, 3.05) is 24.5 Å². The zero-order chi connectivity index (χ0) is 19.2. The highest BCUT2D eigenvalue weighted by Gasteiger charge is 2.26. The van der Waals surface area contributed by atoms with Crippen LogP contribution in [0.3, 0.4) is 0 Å². The van der Waals surface area contributed by atoms with Gasteiger partial charge in [-0.3, -0.25) is 9.97 Å². The molecule has 2 aromatic heterocycles. The molecule has 28 heavy (non-hydrogen) atoms. The lowest BCUT2D eigenvalue weighted by Gasteiger charge is -2.39. The minimum absolute atomic E-state index is 0.293. The minimum Gasteiger partial charge on any atom is -0.508 e. The van der Waals surface area contributed by atoms with E-state index in [9.17, 15) is 5.11 Å². The largest absolute Gasteiger partial charge is 0.508 e. The number of piperidine rings is 1. The van der Waals surface area contributed by atoms with E-state index in [0.29, 0.717) is 11.8 Å². The summed E-state index contributed by atoms with van der Waals surface area (Å²) in [4.78, 5) is 13.3. The molecule has 0 aliphatic carbocycles. The third kappa shape index (κ3) is 4.49. The van der Waals surface area contributed by atoms with Gasteiger partial charge >= 0.3 is 0 Å². The van der Waals surface area contributed by atoms with Gasteiger partial charge in [-0.05, 0) is 61.2 Å². The second kappa shape index (κ2) is 8.85. The number of aromatic nitrogens is 2. The summed E-state index contributed by atoms with van der Waals surface area (Å²) in [6, 6.07) is 16.2. The molecule has 1 N–H and O–H groups in total. The van der Waals surface area contributed by atoms with Crippen LogP contribution in [0.4, 0.5) is 11.4 Å². The highest BCUT2D eigenvalue weighted by molar-refractivity contribution is 5.64. The standard InChI is InChI=1S/C23H26N4O/c28-23-5-1-3-21(17-23)27(22-4-2-11-25-18-22)20-9-15-26(16-10-20)14-8-19-6-12-24-13-7-19/h1-7,11-13,17-18,20,28H,8-10,14-16H2. The van der Waals surface area contributed by atoms with Gasteiger partial charge in [-0.1, -0.05) is 6.07 Å². The topological polar surface area (TPSA) is 52.5 Å². The van der Waals surface area contributed by atoms with Gasteiger partial charge in [-0.15, -0.1) is 0 Å². The number of phenols is 1. The number of anilines is 2. The average Bonchev–Trinajstić information content (AvgIpc) is 2.75. The fourth-order valence-electron chi connectivity index (χ4n) is 3.95. The zero-order valence-corrected chi connectivity index (χ0v) is 16.0. The molecule has 1 aliphatic heterocycles. The first kappa shape index (κ1) is 18.4. The van der Waals surface area contributed by atoms with E-state index in [1.54, 1.807) is 12.3 Å². The average molecular weight is 374 g/mol. The van der Waals surface area contributed by atoms with Crippen molar-refractivity contribution in [2.24, 2.45) is 0 Å². The van der Waals surface area contributed by atoms with Gasteiger partial charge in [0.25, 0.3) is 0 Å². The first-order chi connectivity index (χ1) is 13.8.